The number of rotatable bonds is 6. The third kappa shape index (κ3) is 5.00. The minimum atomic E-state index is -0.143. The molecule has 0 aliphatic rings. The zero-order valence-corrected chi connectivity index (χ0v) is 16.0. The van der Waals surface area contributed by atoms with Crippen molar-refractivity contribution in [1.29, 1.82) is 0 Å². The number of hydrogen-bond acceptors (Lipinski definition) is 3. The summed E-state index contributed by atoms with van der Waals surface area (Å²) in [7, 11) is 0. The van der Waals surface area contributed by atoms with Gasteiger partial charge in [-0.05, 0) is 36.1 Å². The summed E-state index contributed by atoms with van der Waals surface area (Å²) in [4.78, 5) is 21.0. The topological polar surface area (TPSA) is 54.9 Å². The van der Waals surface area contributed by atoms with E-state index in [-0.39, 0.29) is 11.9 Å². The maximum Gasteiger partial charge on any atom is 0.224 e. The van der Waals surface area contributed by atoms with Gasteiger partial charge in [-0.1, -0.05) is 50.2 Å². The molecule has 0 aliphatic heterocycles. The fourth-order valence-electron chi connectivity index (χ4n) is 2.94. The van der Waals surface area contributed by atoms with Crippen LogP contribution in [0.15, 0.2) is 67.1 Å². The van der Waals surface area contributed by atoms with Crippen LogP contribution in [0.4, 0.5) is 0 Å². The van der Waals surface area contributed by atoms with Gasteiger partial charge in [-0.25, -0.2) is 0 Å². The van der Waals surface area contributed by atoms with Gasteiger partial charge in [0.1, 0.15) is 0 Å². The minimum absolute atomic E-state index is 0.00191. The number of amides is 1. The van der Waals surface area contributed by atoms with Crippen LogP contribution in [-0.2, 0) is 11.2 Å². The van der Waals surface area contributed by atoms with Crippen molar-refractivity contribution in [3.05, 3.63) is 83.9 Å². The molecule has 27 heavy (non-hydrogen) atoms. The number of nitrogens with zero attached hydrogens (tertiary/aromatic N) is 2. The van der Waals surface area contributed by atoms with Gasteiger partial charge in [0.2, 0.25) is 5.91 Å². The monoisotopic (exact) mass is 359 g/mol. The molecule has 0 spiro atoms. The van der Waals surface area contributed by atoms with Crippen molar-refractivity contribution in [2.24, 2.45) is 0 Å². The van der Waals surface area contributed by atoms with Crippen LogP contribution in [0.5, 0.6) is 0 Å². The highest BCUT2D eigenvalue weighted by atomic mass is 16.1. The number of carbonyl (C=O) groups excluding carboxylic acids is 1. The number of aromatic nitrogens is 2. The lowest BCUT2D eigenvalue weighted by molar-refractivity contribution is -0.121. The maximum atomic E-state index is 12.4. The summed E-state index contributed by atoms with van der Waals surface area (Å²) in [6.07, 6.45) is 5.75. The average molecular weight is 359 g/mol. The number of nitrogens with one attached hydrogen (secondary N) is 1. The van der Waals surface area contributed by atoms with E-state index in [4.69, 9.17) is 0 Å². The molecule has 3 aromatic rings. The molecule has 4 nitrogen and oxygen atoms in total. The first kappa shape index (κ1) is 18.8. The molecule has 2 heterocycles. The summed E-state index contributed by atoms with van der Waals surface area (Å²) in [5.74, 6) is 0.492. The van der Waals surface area contributed by atoms with E-state index in [1.54, 1.807) is 6.20 Å². The Labute approximate surface area is 160 Å². The first-order chi connectivity index (χ1) is 13.0. The maximum absolute atomic E-state index is 12.4. The van der Waals surface area contributed by atoms with E-state index in [0.29, 0.717) is 12.3 Å². The molecule has 0 bridgehead atoms. The normalized spacial score (nSPS) is 12.0. The molecule has 0 radical (unpaired) electrons. The van der Waals surface area contributed by atoms with E-state index in [9.17, 15) is 4.79 Å². The zero-order chi connectivity index (χ0) is 19.2. The standard InChI is InChI=1S/C23H25N3O/c1-16(2)19-8-6-18(7-9-19)13-23(27)26-17(3)22-11-10-21(15-25-22)20-5-4-12-24-14-20/h4-12,14-17H,13H2,1-3H3,(H,26,27). The SMILES string of the molecule is CC(C)c1ccc(CC(=O)NC(C)c2ccc(-c3cccnc3)cn2)cc1. The number of carbonyl (C=O) groups is 1. The molecular formula is C23H25N3O. The summed E-state index contributed by atoms with van der Waals surface area (Å²) in [5, 5.41) is 3.03. The van der Waals surface area contributed by atoms with Gasteiger partial charge in [-0.15, -0.1) is 0 Å². The van der Waals surface area contributed by atoms with Crippen LogP contribution in [0.3, 0.4) is 0 Å². The fourth-order valence-corrected chi connectivity index (χ4v) is 2.94. The number of pyridine rings is 2. The number of hydrogen-bond donors (Lipinski definition) is 1. The van der Waals surface area contributed by atoms with Gasteiger partial charge in [0.15, 0.2) is 0 Å². The third-order valence-electron chi connectivity index (χ3n) is 4.61. The summed E-state index contributed by atoms with van der Waals surface area (Å²) in [6.45, 7) is 6.28. The lowest BCUT2D eigenvalue weighted by Crippen LogP contribution is -2.28. The lowest BCUT2D eigenvalue weighted by atomic mass is 10.0. The summed E-state index contributed by atoms with van der Waals surface area (Å²) in [6, 6.07) is 16.0. The summed E-state index contributed by atoms with van der Waals surface area (Å²) < 4.78 is 0. The molecule has 1 aromatic carbocycles. The first-order valence-corrected chi connectivity index (χ1v) is 9.27. The van der Waals surface area contributed by atoms with E-state index >= 15 is 0 Å². The zero-order valence-electron chi connectivity index (χ0n) is 16.0. The van der Waals surface area contributed by atoms with Gasteiger partial charge in [0, 0.05) is 29.7 Å². The molecule has 0 aliphatic carbocycles. The highest BCUT2D eigenvalue weighted by molar-refractivity contribution is 5.79. The van der Waals surface area contributed by atoms with Gasteiger partial charge in [-0.2, -0.15) is 0 Å². The van der Waals surface area contributed by atoms with E-state index in [1.807, 2.05) is 55.7 Å². The Kier molecular flexibility index (Phi) is 5.97. The molecule has 0 saturated carbocycles. The van der Waals surface area contributed by atoms with Crippen LogP contribution in [0.25, 0.3) is 11.1 Å². The predicted molar refractivity (Wildman–Crippen MR) is 108 cm³/mol. The van der Waals surface area contributed by atoms with E-state index in [1.165, 1.54) is 5.56 Å². The van der Waals surface area contributed by atoms with Crippen LogP contribution in [0.2, 0.25) is 0 Å². The molecule has 138 valence electrons. The molecule has 1 atom stereocenters. The molecule has 1 N–H and O–H groups in total. The molecule has 1 amide bonds. The smallest absolute Gasteiger partial charge is 0.224 e. The van der Waals surface area contributed by atoms with Crippen molar-refractivity contribution in [1.82, 2.24) is 15.3 Å². The highest BCUT2D eigenvalue weighted by Gasteiger charge is 2.12. The summed E-state index contributed by atoms with van der Waals surface area (Å²) >= 11 is 0. The molecule has 3 rings (SSSR count). The number of benzene rings is 1. The molecule has 2 aromatic heterocycles. The van der Waals surface area contributed by atoms with Gasteiger partial charge in [0.05, 0.1) is 18.2 Å². The molecule has 0 saturated heterocycles. The Morgan fingerprint density at radius 2 is 1.70 bits per heavy atom. The van der Waals surface area contributed by atoms with Crippen LogP contribution in [0.1, 0.15) is 49.6 Å². The first-order valence-electron chi connectivity index (χ1n) is 9.27. The fraction of sp³-hybridized carbons (Fsp3) is 0.261. The molecule has 0 fully saturated rings. The largest absolute Gasteiger partial charge is 0.348 e. The Balaban J connectivity index is 1.59. The summed E-state index contributed by atoms with van der Waals surface area (Å²) in [5.41, 5.74) is 5.18. The van der Waals surface area contributed by atoms with Crippen molar-refractivity contribution < 1.29 is 4.79 Å². The Hall–Kier alpha value is -3.01. The van der Waals surface area contributed by atoms with Crippen molar-refractivity contribution >= 4 is 5.91 Å². The molecule has 4 heteroatoms. The van der Waals surface area contributed by atoms with Crippen molar-refractivity contribution in [2.75, 3.05) is 0 Å². The van der Waals surface area contributed by atoms with Gasteiger partial charge in [-0.3, -0.25) is 14.8 Å². The average Bonchev–Trinajstić information content (AvgIpc) is 2.69. The minimum Gasteiger partial charge on any atom is -0.348 e. The van der Waals surface area contributed by atoms with E-state index in [0.717, 1.165) is 22.4 Å². The van der Waals surface area contributed by atoms with Crippen LogP contribution < -0.4 is 5.32 Å². The lowest BCUT2D eigenvalue weighted by Gasteiger charge is -2.14. The predicted octanol–water partition coefficient (Wildman–Crippen LogP) is 4.69. The Bertz CT molecular complexity index is 872. The quantitative estimate of drug-likeness (QED) is 0.695. The highest BCUT2D eigenvalue weighted by Crippen LogP contribution is 2.19. The second-order valence-corrected chi connectivity index (χ2v) is 7.08. The Morgan fingerprint density at radius 1 is 0.963 bits per heavy atom. The Morgan fingerprint density at radius 3 is 2.30 bits per heavy atom. The van der Waals surface area contributed by atoms with E-state index < -0.39 is 0 Å². The second kappa shape index (κ2) is 8.58. The van der Waals surface area contributed by atoms with Crippen molar-refractivity contribution in [2.45, 2.75) is 39.2 Å². The van der Waals surface area contributed by atoms with Crippen LogP contribution in [0, 0.1) is 0 Å². The van der Waals surface area contributed by atoms with E-state index in [2.05, 4.69) is 41.3 Å². The van der Waals surface area contributed by atoms with Crippen molar-refractivity contribution in [3.63, 3.8) is 0 Å². The van der Waals surface area contributed by atoms with Gasteiger partial charge >= 0.3 is 0 Å². The third-order valence-corrected chi connectivity index (χ3v) is 4.61. The van der Waals surface area contributed by atoms with Crippen LogP contribution >= 0.6 is 0 Å². The second-order valence-electron chi connectivity index (χ2n) is 7.08. The van der Waals surface area contributed by atoms with Crippen molar-refractivity contribution in [3.8, 4) is 11.1 Å². The molecular weight excluding hydrogens is 334 g/mol. The van der Waals surface area contributed by atoms with Crippen LogP contribution in [-0.4, -0.2) is 15.9 Å². The van der Waals surface area contributed by atoms with Gasteiger partial charge < -0.3 is 5.32 Å². The van der Waals surface area contributed by atoms with Gasteiger partial charge in [0.25, 0.3) is 0 Å². The molecule has 1 unspecified atom stereocenters.